The monoisotopic (exact) mass is 384 g/mol. The van der Waals surface area contributed by atoms with Crippen LogP contribution in [0.2, 0.25) is 0 Å². The molecular weight excluding hydrogens is 360 g/mol. The quantitative estimate of drug-likeness (QED) is 0.599. The molecule has 0 bridgehead atoms. The summed E-state index contributed by atoms with van der Waals surface area (Å²) in [6.45, 7) is 0. The minimum absolute atomic E-state index is 0.00505. The predicted molar refractivity (Wildman–Crippen MR) is 105 cm³/mol. The highest BCUT2D eigenvalue weighted by Gasteiger charge is 2.29. The molecule has 0 aromatic heterocycles. The van der Waals surface area contributed by atoms with Crippen molar-refractivity contribution in [1.29, 1.82) is 0 Å². The van der Waals surface area contributed by atoms with Crippen LogP contribution in [0.5, 0.6) is 11.5 Å². The Bertz CT molecular complexity index is 850. The maximum atomic E-state index is 12.7. The number of nitrogens with zero attached hydrogens (tertiary/aromatic N) is 1. The van der Waals surface area contributed by atoms with Crippen molar-refractivity contribution >= 4 is 11.6 Å². The van der Waals surface area contributed by atoms with Gasteiger partial charge in [0.15, 0.2) is 11.5 Å². The van der Waals surface area contributed by atoms with Crippen molar-refractivity contribution < 1.29 is 19.2 Å². The van der Waals surface area contributed by atoms with Gasteiger partial charge in [0.05, 0.1) is 19.1 Å². The molecule has 1 aliphatic rings. The van der Waals surface area contributed by atoms with Crippen molar-refractivity contribution in [2.75, 3.05) is 14.2 Å². The van der Waals surface area contributed by atoms with Crippen molar-refractivity contribution in [2.24, 2.45) is 0 Å². The number of nitrogens with one attached hydrogen (secondary N) is 1. The number of nitro groups is 1. The van der Waals surface area contributed by atoms with E-state index in [1.54, 1.807) is 14.2 Å². The fourth-order valence-corrected chi connectivity index (χ4v) is 3.77. The third-order valence-electron chi connectivity index (χ3n) is 5.26. The molecule has 1 saturated carbocycles. The van der Waals surface area contributed by atoms with Gasteiger partial charge in [0.25, 0.3) is 11.6 Å². The van der Waals surface area contributed by atoms with Crippen LogP contribution in [0, 0.1) is 10.1 Å². The third kappa shape index (κ3) is 4.24. The van der Waals surface area contributed by atoms with E-state index in [1.165, 1.54) is 24.3 Å². The lowest BCUT2D eigenvalue weighted by atomic mass is 9.79. The minimum atomic E-state index is -0.476. The number of ether oxygens (including phenoxy) is 2. The second kappa shape index (κ2) is 8.73. The van der Waals surface area contributed by atoms with Gasteiger partial charge in [0.1, 0.15) is 0 Å². The highest BCUT2D eigenvalue weighted by atomic mass is 16.6. The van der Waals surface area contributed by atoms with E-state index in [1.807, 2.05) is 18.2 Å². The number of methoxy groups -OCH3 is 2. The summed E-state index contributed by atoms with van der Waals surface area (Å²) >= 11 is 0. The Balaban J connectivity index is 1.78. The summed E-state index contributed by atoms with van der Waals surface area (Å²) < 4.78 is 10.7. The molecule has 0 aliphatic heterocycles. The largest absolute Gasteiger partial charge is 0.493 e. The molecule has 0 heterocycles. The average Bonchev–Trinajstić information content (AvgIpc) is 2.73. The van der Waals surface area contributed by atoms with Crippen LogP contribution in [0.3, 0.4) is 0 Å². The number of carbonyl (C=O) groups excluding carboxylic acids is 1. The zero-order chi connectivity index (χ0) is 20.1. The molecule has 7 nitrogen and oxygen atoms in total. The molecule has 1 N–H and O–H groups in total. The second-order valence-electron chi connectivity index (χ2n) is 6.89. The molecule has 1 aliphatic carbocycles. The maximum absolute atomic E-state index is 12.7. The SMILES string of the molecule is COc1ccc([C@H]2CCCC[C@H]2NC(=O)c2ccc([N+](=O)[O-])cc2)cc1OC. The topological polar surface area (TPSA) is 90.7 Å². The summed E-state index contributed by atoms with van der Waals surface area (Å²) in [6, 6.07) is 11.5. The Hall–Kier alpha value is -3.09. The normalized spacial score (nSPS) is 18.9. The summed E-state index contributed by atoms with van der Waals surface area (Å²) in [5.41, 5.74) is 1.49. The lowest BCUT2D eigenvalue weighted by molar-refractivity contribution is -0.384. The van der Waals surface area contributed by atoms with E-state index in [-0.39, 0.29) is 23.6 Å². The van der Waals surface area contributed by atoms with E-state index in [0.717, 1.165) is 31.2 Å². The fourth-order valence-electron chi connectivity index (χ4n) is 3.77. The Morgan fingerprint density at radius 1 is 1.04 bits per heavy atom. The van der Waals surface area contributed by atoms with Gasteiger partial charge in [-0.2, -0.15) is 0 Å². The molecule has 1 fully saturated rings. The van der Waals surface area contributed by atoms with Crippen molar-refractivity contribution in [3.8, 4) is 11.5 Å². The second-order valence-corrected chi connectivity index (χ2v) is 6.89. The minimum Gasteiger partial charge on any atom is -0.493 e. The van der Waals surface area contributed by atoms with E-state index in [2.05, 4.69) is 5.32 Å². The zero-order valence-electron chi connectivity index (χ0n) is 16.0. The highest BCUT2D eigenvalue weighted by molar-refractivity contribution is 5.94. The Morgan fingerprint density at radius 3 is 2.36 bits per heavy atom. The van der Waals surface area contributed by atoms with Crippen molar-refractivity contribution in [3.05, 3.63) is 63.7 Å². The predicted octanol–water partition coefficient (Wildman–Crippen LogP) is 4.07. The molecular formula is C21H24N2O5. The molecule has 2 aromatic rings. The van der Waals surface area contributed by atoms with Gasteiger partial charge < -0.3 is 14.8 Å². The standard InChI is InChI=1S/C21H24N2O5/c1-27-19-12-9-15(13-20(19)28-2)17-5-3-4-6-18(17)22-21(24)14-7-10-16(11-8-14)23(25)26/h7-13,17-18H,3-6H2,1-2H3,(H,22,24)/t17-,18-/m1/s1. The van der Waals surface area contributed by atoms with Crippen molar-refractivity contribution in [1.82, 2.24) is 5.32 Å². The molecule has 0 spiro atoms. The smallest absolute Gasteiger partial charge is 0.269 e. The Labute approximate surface area is 163 Å². The van der Waals surface area contributed by atoms with Gasteiger partial charge in [-0.05, 0) is 42.7 Å². The number of nitro benzene ring substituents is 1. The third-order valence-corrected chi connectivity index (χ3v) is 5.26. The van der Waals surface area contributed by atoms with Crippen molar-refractivity contribution in [3.63, 3.8) is 0 Å². The number of carbonyl (C=O) groups is 1. The van der Waals surface area contributed by atoms with E-state index in [9.17, 15) is 14.9 Å². The molecule has 7 heteroatoms. The van der Waals surface area contributed by atoms with Crippen LogP contribution in [0.15, 0.2) is 42.5 Å². The summed E-state index contributed by atoms with van der Waals surface area (Å²) in [5, 5.41) is 13.9. The van der Waals surface area contributed by atoms with Gasteiger partial charge in [-0.3, -0.25) is 14.9 Å². The van der Waals surface area contributed by atoms with Crippen molar-refractivity contribution in [2.45, 2.75) is 37.6 Å². The van der Waals surface area contributed by atoms with Crippen LogP contribution < -0.4 is 14.8 Å². The summed E-state index contributed by atoms with van der Waals surface area (Å²) in [6.07, 6.45) is 4.01. The number of hydrogen-bond donors (Lipinski definition) is 1. The number of hydrogen-bond acceptors (Lipinski definition) is 5. The van der Waals surface area contributed by atoms with Crippen LogP contribution in [0.4, 0.5) is 5.69 Å². The fraction of sp³-hybridized carbons (Fsp3) is 0.381. The molecule has 0 radical (unpaired) electrons. The van der Waals surface area contributed by atoms with Gasteiger partial charge in [-0.25, -0.2) is 0 Å². The van der Waals surface area contributed by atoms with Crippen LogP contribution in [0.1, 0.15) is 47.5 Å². The molecule has 2 aromatic carbocycles. The van der Waals surface area contributed by atoms with Gasteiger partial charge in [0, 0.05) is 29.7 Å². The number of rotatable bonds is 6. The summed E-state index contributed by atoms with van der Waals surface area (Å²) in [4.78, 5) is 23.0. The van der Waals surface area contributed by atoms with Gasteiger partial charge in [-0.15, -0.1) is 0 Å². The summed E-state index contributed by atoms with van der Waals surface area (Å²) in [5.74, 6) is 1.31. The molecule has 3 rings (SSSR count). The van der Waals surface area contributed by atoms with Gasteiger partial charge in [0.2, 0.25) is 0 Å². The molecule has 0 saturated heterocycles. The van der Waals surface area contributed by atoms with Crippen LogP contribution in [-0.4, -0.2) is 31.1 Å². The molecule has 0 unspecified atom stereocenters. The van der Waals surface area contributed by atoms with E-state index in [4.69, 9.17) is 9.47 Å². The summed E-state index contributed by atoms with van der Waals surface area (Å²) in [7, 11) is 3.21. The first-order valence-electron chi connectivity index (χ1n) is 9.30. The lowest BCUT2D eigenvalue weighted by Crippen LogP contribution is -2.41. The lowest BCUT2D eigenvalue weighted by Gasteiger charge is -2.33. The van der Waals surface area contributed by atoms with Crippen LogP contribution in [-0.2, 0) is 0 Å². The maximum Gasteiger partial charge on any atom is 0.269 e. The Kier molecular flexibility index (Phi) is 6.13. The first-order valence-corrected chi connectivity index (χ1v) is 9.30. The van der Waals surface area contributed by atoms with Crippen LogP contribution >= 0.6 is 0 Å². The first-order chi connectivity index (χ1) is 13.5. The molecule has 1 amide bonds. The van der Waals surface area contributed by atoms with E-state index < -0.39 is 4.92 Å². The Morgan fingerprint density at radius 2 is 1.71 bits per heavy atom. The number of non-ortho nitro benzene ring substituents is 1. The highest BCUT2D eigenvalue weighted by Crippen LogP contribution is 2.37. The zero-order valence-corrected chi connectivity index (χ0v) is 16.0. The van der Waals surface area contributed by atoms with Crippen LogP contribution in [0.25, 0.3) is 0 Å². The number of benzene rings is 2. The molecule has 2 atom stereocenters. The van der Waals surface area contributed by atoms with E-state index in [0.29, 0.717) is 17.1 Å². The van der Waals surface area contributed by atoms with E-state index >= 15 is 0 Å². The first kappa shape index (κ1) is 19.7. The average molecular weight is 384 g/mol. The van der Waals surface area contributed by atoms with Gasteiger partial charge >= 0.3 is 0 Å². The molecule has 28 heavy (non-hydrogen) atoms. The van der Waals surface area contributed by atoms with Gasteiger partial charge in [-0.1, -0.05) is 18.9 Å². The molecule has 148 valence electrons. The number of amides is 1.